The average molecular weight is 489 g/mol. The monoisotopic (exact) mass is 488 g/mol. The Morgan fingerprint density at radius 3 is 1.91 bits per heavy atom. The van der Waals surface area contributed by atoms with Crippen LogP contribution < -0.4 is 10.6 Å². The minimum atomic E-state index is -1.27. The molecular formula is C24H19ClF2N2O5. The van der Waals surface area contributed by atoms with Crippen LogP contribution in [0.25, 0.3) is 0 Å². The Balaban J connectivity index is 1.60. The molecule has 34 heavy (non-hydrogen) atoms. The Bertz CT molecular complexity index is 1140. The minimum Gasteiger partial charge on any atom is -0.478 e. The Hall–Kier alpha value is -3.82. The highest BCUT2D eigenvalue weighted by Gasteiger charge is 2.18. The summed E-state index contributed by atoms with van der Waals surface area (Å²) < 4.78 is 31.8. The number of carbonyl (C=O) groups is 3. The minimum absolute atomic E-state index is 0.0302. The molecule has 0 spiro atoms. The molecule has 0 aromatic heterocycles. The van der Waals surface area contributed by atoms with E-state index in [1.807, 2.05) is 0 Å². The van der Waals surface area contributed by atoms with E-state index in [0.29, 0.717) is 11.1 Å². The number of halogens is 3. The molecule has 0 aliphatic carbocycles. The number of rotatable bonds is 9. The van der Waals surface area contributed by atoms with Crippen molar-refractivity contribution in [2.75, 3.05) is 18.5 Å². The lowest BCUT2D eigenvalue weighted by atomic mass is 9.98. The molecule has 2 amide bonds. The second kappa shape index (κ2) is 11.4. The Morgan fingerprint density at radius 2 is 1.38 bits per heavy atom. The molecule has 0 heterocycles. The van der Waals surface area contributed by atoms with Crippen molar-refractivity contribution in [3.05, 3.63) is 100 Å². The van der Waals surface area contributed by atoms with E-state index < -0.39 is 48.7 Å². The summed E-state index contributed by atoms with van der Waals surface area (Å²) in [4.78, 5) is 35.9. The van der Waals surface area contributed by atoms with Crippen LogP contribution >= 0.6 is 11.6 Å². The van der Waals surface area contributed by atoms with E-state index in [2.05, 4.69) is 10.6 Å². The molecule has 3 aromatic rings. The number of carboxylic acids is 1. The Morgan fingerprint density at radius 1 is 0.853 bits per heavy atom. The summed E-state index contributed by atoms with van der Waals surface area (Å²) in [6.45, 7) is -1.01. The quantitative estimate of drug-likeness (QED) is 0.419. The molecule has 0 saturated heterocycles. The first-order valence-corrected chi connectivity index (χ1v) is 10.3. The zero-order valence-corrected chi connectivity index (χ0v) is 18.3. The van der Waals surface area contributed by atoms with Crippen LogP contribution in [-0.2, 0) is 14.3 Å². The summed E-state index contributed by atoms with van der Waals surface area (Å²) in [5, 5.41) is 14.5. The number of carboxylic acid groups (broad SMARTS) is 1. The van der Waals surface area contributed by atoms with Crippen molar-refractivity contribution in [3.8, 4) is 0 Å². The standard InChI is InChI=1S/C24H19ClF2N2O5/c25-16-5-10-20(19(11-16)24(32)33)28-21(30)12-34-13-22(31)29-23(14-1-6-17(26)7-2-14)15-3-8-18(27)9-4-15/h1-11,23H,12-13H2,(H,28,30)(H,29,31)(H,32,33). The average Bonchev–Trinajstić information content (AvgIpc) is 2.80. The van der Waals surface area contributed by atoms with Gasteiger partial charge in [-0.1, -0.05) is 35.9 Å². The van der Waals surface area contributed by atoms with Crippen molar-refractivity contribution in [2.45, 2.75) is 6.04 Å². The van der Waals surface area contributed by atoms with Gasteiger partial charge in [0.2, 0.25) is 11.8 Å². The lowest BCUT2D eigenvalue weighted by molar-refractivity contribution is -0.129. The van der Waals surface area contributed by atoms with Gasteiger partial charge in [0, 0.05) is 5.02 Å². The first-order chi connectivity index (χ1) is 16.2. The maximum absolute atomic E-state index is 13.3. The molecule has 7 nitrogen and oxygen atoms in total. The van der Waals surface area contributed by atoms with E-state index in [4.69, 9.17) is 16.3 Å². The highest BCUT2D eigenvalue weighted by atomic mass is 35.5. The summed E-state index contributed by atoms with van der Waals surface area (Å²) in [7, 11) is 0. The first-order valence-electron chi connectivity index (χ1n) is 9.93. The van der Waals surface area contributed by atoms with Gasteiger partial charge in [0.1, 0.15) is 24.8 Å². The highest BCUT2D eigenvalue weighted by Crippen LogP contribution is 2.23. The zero-order valence-electron chi connectivity index (χ0n) is 17.6. The van der Waals surface area contributed by atoms with Gasteiger partial charge in [-0.15, -0.1) is 0 Å². The third kappa shape index (κ3) is 6.84. The molecule has 176 valence electrons. The van der Waals surface area contributed by atoms with Crippen LogP contribution in [0.1, 0.15) is 27.5 Å². The molecule has 0 unspecified atom stereocenters. The molecule has 0 fully saturated rings. The first kappa shape index (κ1) is 24.8. The van der Waals surface area contributed by atoms with Crippen molar-refractivity contribution < 1.29 is 33.0 Å². The van der Waals surface area contributed by atoms with Crippen molar-refractivity contribution in [1.29, 1.82) is 0 Å². The number of nitrogens with one attached hydrogen (secondary N) is 2. The maximum atomic E-state index is 13.3. The number of ether oxygens (including phenoxy) is 1. The summed E-state index contributed by atoms with van der Waals surface area (Å²) in [5.74, 6) is -3.43. The molecule has 0 aliphatic heterocycles. The van der Waals surface area contributed by atoms with Gasteiger partial charge in [-0.25, -0.2) is 13.6 Å². The van der Waals surface area contributed by atoms with Crippen molar-refractivity contribution in [3.63, 3.8) is 0 Å². The van der Waals surface area contributed by atoms with Crippen LogP contribution in [0.5, 0.6) is 0 Å². The normalized spacial score (nSPS) is 10.7. The van der Waals surface area contributed by atoms with Gasteiger partial charge < -0.3 is 20.5 Å². The Kier molecular flexibility index (Phi) is 8.29. The summed E-state index contributed by atoms with van der Waals surface area (Å²) in [6, 6.07) is 14.2. The smallest absolute Gasteiger partial charge is 0.337 e. The molecular weight excluding hydrogens is 470 g/mol. The van der Waals surface area contributed by atoms with Crippen LogP contribution in [0, 0.1) is 11.6 Å². The van der Waals surface area contributed by atoms with E-state index in [9.17, 15) is 28.3 Å². The molecule has 3 rings (SSSR count). The molecule has 0 atom stereocenters. The van der Waals surface area contributed by atoms with E-state index >= 15 is 0 Å². The van der Waals surface area contributed by atoms with Crippen molar-refractivity contribution in [1.82, 2.24) is 5.32 Å². The fraction of sp³-hybridized carbons (Fsp3) is 0.125. The van der Waals surface area contributed by atoms with E-state index in [1.54, 1.807) is 0 Å². The SMILES string of the molecule is O=C(COCC(=O)NC(c1ccc(F)cc1)c1ccc(F)cc1)Nc1ccc(Cl)cc1C(=O)O. The molecule has 0 radical (unpaired) electrons. The third-order valence-corrected chi connectivity index (χ3v) is 4.90. The number of hydrogen-bond donors (Lipinski definition) is 3. The van der Waals surface area contributed by atoms with Crippen LogP contribution in [-0.4, -0.2) is 36.1 Å². The summed E-state index contributed by atoms with van der Waals surface area (Å²) in [6.07, 6.45) is 0. The fourth-order valence-corrected chi connectivity index (χ4v) is 3.27. The predicted octanol–water partition coefficient (Wildman–Crippen LogP) is 4.18. The number of carbonyl (C=O) groups excluding carboxylic acids is 2. The van der Waals surface area contributed by atoms with Crippen LogP contribution in [0.4, 0.5) is 14.5 Å². The van der Waals surface area contributed by atoms with Crippen LogP contribution in [0.3, 0.4) is 0 Å². The van der Waals surface area contributed by atoms with E-state index in [1.165, 1.54) is 66.7 Å². The molecule has 10 heteroatoms. The van der Waals surface area contributed by atoms with Gasteiger partial charge in [-0.2, -0.15) is 0 Å². The summed E-state index contributed by atoms with van der Waals surface area (Å²) >= 11 is 5.78. The highest BCUT2D eigenvalue weighted by molar-refractivity contribution is 6.31. The largest absolute Gasteiger partial charge is 0.478 e. The molecule has 0 saturated carbocycles. The lowest BCUT2D eigenvalue weighted by Gasteiger charge is -2.20. The van der Waals surface area contributed by atoms with Gasteiger partial charge in [-0.05, 0) is 53.6 Å². The second-order valence-electron chi connectivity index (χ2n) is 7.14. The lowest BCUT2D eigenvalue weighted by Crippen LogP contribution is -2.33. The van der Waals surface area contributed by atoms with Gasteiger partial charge in [-0.3, -0.25) is 9.59 Å². The van der Waals surface area contributed by atoms with E-state index in [0.717, 1.165) is 0 Å². The second-order valence-corrected chi connectivity index (χ2v) is 7.58. The summed E-state index contributed by atoms with van der Waals surface area (Å²) in [5.41, 5.74) is 0.953. The van der Waals surface area contributed by atoms with Gasteiger partial charge >= 0.3 is 5.97 Å². The van der Waals surface area contributed by atoms with Crippen LogP contribution in [0.15, 0.2) is 66.7 Å². The number of hydrogen-bond acceptors (Lipinski definition) is 4. The zero-order chi connectivity index (χ0) is 24.7. The van der Waals surface area contributed by atoms with Crippen LogP contribution in [0.2, 0.25) is 5.02 Å². The number of benzene rings is 3. The van der Waals surface area contributed by atoms with Gasteiger partial charge in [0.15, 0.2) is 0 Å². The number of amides is 2. The molecule has 3 N–H and O–H groups in total. The van der Waals surface area contributed by atoms with Crippen molar-refractivity contribution in [2.24, 2.45) is 0 Å². The number of anilines is 1. The molecule has 0 aliphatic rings. The third-order valence-electron chi connectivity index (χ3n) is 4.66. The molecule has 3 aromatic carbocycles. The maximum Gasteiger partial charge on any atom is 0.337 e. The predicted molar refractivity (Wildman–Crippen MR) is 121 cm³/mol. The van der Waals surface area contributed by atoms with E-state index in [-0.39, 0.29) is 16.3 Å². The van der Waals surface area contributed by atoms with Gasteiger partial charge in [0.25, 0.3) is 0 Å². The fourth-order valence-electron chi connectivity index (χ4n) is 3.10. The Labute approximate surface area is 198 Å². The molecule has 0 bridgehead atoms. The topological polar surface area (TPSA) is 105 Å². The van der Waals surface area contributed by atoms with Crippen molar-refractivity contribution >= 4 is 35.1 Å². The number of aromatic carboxylic acids is 1. The van der Waals surface area contributed by atoms with Gasteiger partial charge in [0.05, 0.1) is 17.3 Å².